The smallest absolute Gasteiger partial charge is 0.252 e. The Bertz CT molecular complexity index is 551. The predicted molar refractivity (Wildman–Crippen MR) is 93.6 cm³/mol. The molecular weight excluding hydrogens is 348 g/mol. The minimum Gasteiger partial charge on any atom is -0.391 e. The number of carbonyl (C=O) groups excluding carboxylic acids is 1. The van der Waals surface area contributed by atoms with Gasteiger partial charge in [-0.25, -0.2) is 0 Å². The van der Waals surface area contributed by atoms with Crippen LogP contribution in [0.15, 0.2) is 22.7 Å². The zero-order valence-electron chi connectivity index (χ0n) is 12.2. The molecule has 114 valence electrons. The molecule has 1 aliphatic rings. The lowest BCUT2D eigenvalue weighted by Gasteiger charge is -2.33. The number of thiocarbonyl (C=S) groups is 1. The summed E-state index contributed by atoms with van der Waals surface area (Å²) in [6, 6.07) is 5.63. The number of benzene rings is 1. The molecule has 1 aromatic rings. The van der Waals surface area contributed by atoms with Gasteiger partial charge in [0, 0.05) is 10.0 Å². The molecular formula is C16H21BrN2OS. The van der Waals surface area contributed by atoms with Gasteiger partial charge in [-0.2, -0.15) is 0 Å². The van der Waals surface area contributed by atoms with Crippen molar-refractivity contribution in [2.75, 3.05) is 0 Å². The first-order valence-corrected chi connectivity index (χ1v) is 8.54. The summed E-state index contributed by atoms with van der Waals surface area (Å²) in [7, 11) is 0. The highest BCUT2D eigenvalue weighted by atomic mass is 79.9. The number of hydrogen-bond donors (Lipinski definition) is 2. The van der Waals surface area contributed by atoms with Crippen LogP contribution in [0.3, 0.4) is 0 Å². The second-order valence-electron chi connectivity index (χ2n) is 5.73. The van der Waals surface area contributed by atoms with Gasteiger partial charge in [-0.15, -0.1) is 0 Å². The molecule has 2 rings (SSSR count). The fourth-order valence-electron chi connectivity index (χ4n) is 2.90. The fourth-order valence-corrected chi connectivity index (χ4v) is 3.52. The van der Waals surface area contributed by atoms with Crippen LogP contribution in [-0.2, 0) is 0 Å². The van der Waals surface area contributed by atoms with Gasteiger partial charge in [-0.1, -0.05) is 59.9 Å². The van der Waals surface area contributed by atoms with Gasteiger partial charge in [0.05, 0.1) is 10.5 Å². The van der Waals surface area contributed by atoms with Crippen LogP contribution >= 0.6 is 28.1 Å². The van der Waals surface area contributed by atoms with E-state index in [9.17, 15) is 4.79 Å². The molecule has 1 aromatic carbocycles. The van der Waals surface area contributed by atoms with E-state index in [1.165, 1.54) is 12.8 Å². The zero-order valence-corrected chi connectivity index (χ0v) is 14.6. The van der Waals surface area contributed by atoms with Crippen molar-refractivity contribution in [2.24, 2.45) is 5.73 Å². The van der Waals surface area contributed by atoms with Crippen molar-refractivity contribution in [3.05, 3.63) is 33.8 Å². The second kappa shape index (κ2) is 6.88. The summed E-state index contributed by atoms with van der Waals surface area (Å²) < 4.78 is 0.931. The number of nitrogens with one attached hydrogen (secondary N) is 1. The molecule has 0 radical (unpaired) electrons. The van der Waals surface area contributed by atoms with Gasteiger partial charge >= 0.3 is 0 Å². The second-order valence-corrected chi connectivity index (χ2v) is 7.02. The van der Waals surface area contributed by atoms with Gasteiger partial charge in [0.25, 0.3) is 5.91 Å². The number of nitrogens with two attached hydrogens (primary N) is 1. The van der Waals surface area contributed by atoms with Gasteiger partial charge in [-0.05, 0) is 37.5 Å². The molecule has 0 aliphatic heterocycles. The van der Waals surface area contributed by atoms with Gasteiger partial charge in [0.1, 0.15) is 0 Å². The maximum absolute atomic E-state index is 12.7. The third-order valence-electron chi connectivity index (χ3n) is 4.29. The molecule has 0 heterocycles. The number of rotatable bonds is 3. The minimum atomic E-state index is -0.530. The van der Waals surface area contributed by atoms with Crippen LogP contribution < -0.4 is 11.1 Å². The maximum atomic E-state index is 12.7. The van der Waals surface area contributed by atoms with E-state index in [-0.39, 0.29) is 5.91 Å². The van der Waals surface area contributed by atoms with E-state index in [0.717, 1.165) is 35.7 Å². The van der Waals surface area contributed by atoms with Crippen molar-refractivity contribution in [1.82, 2.24) is 5.32 Å². The highest BCUT2D eigenvalue weighted by Gasteiger charge is 2.36. The molecule has 1 saturated carbocycles. The molecule has 1 amide bonds. The van der Waals surface area contributed by atoms with Crippen LogP contribution in [0.2, 0.25) is 0 Å². The molecule has 21 heavy (non-hydrogen) atoms. The largest absolute Gasteiger partial charge is 0.391 e. The molecule has 0 spiro atoms. The van der Waals surface area contributed by atoms with Gasteiger partial charge in [0.15, 0.2) is 0 Å². The van der Waals surface area contributed by atoms with E-state index < -0.39 is 5.54 Å². The first-order valence-electron chi connectivity index (χ1n) is 7.34. The van der Waals surface area contributed by atoms with Crippen molar-refractivity contribution < 1.29 is 4.79 Å². The zero-order chi connectivity index (χ0) is 15.5. The van der Waals surface area contributed by atoms with Crippen molar-refractivity contribution in [3.63, 3.8) is 0 Å². The Morgan fingerprint density at radius 2 is 1.90 bits per heavy atom. The van der Waals surface area contributed by atoms with Crippen LogP contribution in [0.5, 0.6) is 0 Å². The SMILES string of the molecule is Cc1c(Br)cccc1C(=O)NC1(C(N)=S)CCCCCC1. The van der Waals surface area contributed by atoms with Crippen LogP contribution in [0.4, 0.5) is 0 Å². The van der Waals surface area contributed by atoms with Crippen molar-refractivity contribution >= 4 is 39.0 Å². The van der Waals surface area contributed by atoms with E-state index in [1.807, 2.05) is 25.1 Å². The van der Waals surface area contributed by atoms with E-state index in [4.69, 9.17) is 18.0 Å². The topological polar surface area (TPSA) is 55.1 Å². The predicted octanol–water partition coefficient (Wildman–Crippen LogP) is 3.87. The lowest BCUT2D eigenvalue weighted by atomic mass is 9.89. The Morgan fingerprint density at radius 1 is 1.29 bits per heavy atom. The Labute approximate surface area is 139 Å². The molecule has 0 unspecified atom stereocenters. The van der Waals surface area contributed by atoms with Crippen LogP contribution in [-0.4, -0.2) is 16.4 Å². The Kier molecular flexibility index (Phi) is 5.38. The normalized spacial score (nSPS) is 17.8. The standard InChI is InChI=1S/C16H21BrN2OS/c1-11-12(7-6-8-13(11)17)14(20)19-16(15(18)21)9-4-2-3-5-10-16/h6-8H,2-5,9-10H2,1H3,(H2,18,21)(H,19,20). The van der Waals surface area contributed by atoms with Crippen molar-refractivity contribution in [3.8, 4) is 0 Å². The Hall–Kier alpha value is -0.940. The van der Waals surface area contributed by atoms with Crippen molar-refractivity contribution in [2.45, 2.75) is 51.0 Å². The summed E-state index contributed by atoms with van der Waals surface area (Å²) in [5.74, 6) is -0.0940. The van der Waals surface area contributed by atoms with Crippen LogP contribution in [0, 0.1) is 6.92 Å². The molecule has 1 fully saturated rings. The van der Waals surface area contributed by atoms with E-state index in [1.54, 1.807) is 0 Å². The third kappa shape index (κ3) is 3.64. The summed E-state index contributed by atoms with van der Waals surface area (Å²) in [5, 5.41) is 3.13. The summed E-state index contributed by atoms with van der Waals surface area (Å²) in [4.78, 5) is 13.1. The maximum Gasteiger partial charge on any atom is 0.252 e. The Balaban J connectivity index is 2.26. The molecule has 3 nitrogen and oxygen atoms in total. The average Bonchev–Trinajstić information content (AvgIpc) is 2.68. The van der Waals surface area contributed by atoms with Crippen LogP contribution in [0.25, 0.3) is 0 Å². The lowest BCUT2D eigenvalue weighted by molar-refractivity contribution is 0.0917. The van der Waals surface area contributed by atoms with E-state index in [0.29, 0.717) is 10.6 Å². The summed E-state index contributed by atoms with van der Waals surface area (Å²) in [6.07, 6.45) is 6.12. The molecule has 5 heteroatoms. The van der Waals surface area contributed by atoms with E-state index >= 15 is 0 Å². The Morgan fingerprint density at radius 3 is 2.48 bits per heavy atom. The van der Waals surface area contributed by atoms with Gasteiger partial charge in [-0.3, -0.25) is 4.79 Å². The number of amides is 1. The fraction of sp³-hybridized carbons (Fsp3) is 0.500. The molecule has 0 bridgehead atoms. The van der Waals surface area contributed by atoms with Gasteiger partial charge in [0.2, 0.25) is 0 Å². The first kappa shape index (κ1) is 16.4. The summed E-state index contributed by atoms with van der Waals surface area (Å²) in [5.41, 5.74) is 7.05. The molecule has 0 atom stereocenters. The lowest BCUT2D eigenvalue weighted by Crippen LogP contribution is -2.56. The summed E-state index contributed by atoms with van der Waals surface area (Å²) in [6.45, 7) is 1.93. The highest BCUT2D eigenvalue weighted by molar-refractivity contribution is 9.10. The number of hydrogen-bond acceptors (Lipinski definition) is 2. The van der Waals surface area contributed by atoms with E-state index in [2.05, 4.69) is 21.2 Å². The quantitative estimate of drug-likeness (QED) is 0.628. The number of carbonyl (C=O) groups is 1. The van der Waals surface area contributed by atoms with Gasteiger partial charge < -0.3 is 11.1 Å². The molecule has 0 aromatic heterocycles. The number of halogens is 1. The third-order valence-corrected chi connectivity index (χ3v) is 5.54. The van der Waals surface area contributed by atoms with Crippen molar-refractivity contribution in [1.29, 1.82) is 0 Å². The summed E-state index contributed by atoms with van der Waals surface area (Å²) >= 11 is 8.73. The minimum absolute atomic E-state index is 0.0940. The molecule has 0 saturated heterocycles. The molecule has 1 aliphatic carbocycles. The molecule has 3 N–H and O–H groups in total. The van der Waals surface area contributed by atoms with Crippen LogP contribution in [0.1, 0.15) is 54.4 Å². The first-order chi connectivity index (χ1) is 9.96. The average molecular weight is 369 g/mol. The monoisotopic (exact) mass is 368 g/mol. The highest BCUT2D eigenvalue weighted by Crippen LogP contribution is 2.28.